The number of halogens is 3. The zero-order chi connectivity index (χ0) is 30.9. The number of amides is 1. The second-order valence-corrected chi connectivity index (χ2v) is 12.0. The summed E-state index contributed by atoms with van der Waals surface area (Å²) < 4.78 is 49.8. The lowest BCUT2D eigenvalue weighted by Crippen LogP contribution is -2.31. The highest BCUT2D eigenvalue weighted by Gasteiger charge is 2.58. The molecular formula is C34H34F3N3O3. The molecule has 0 atom stereocenters. The molecule has 0 N–H and O–H groups in total. The number of hydrogen-bond acceptors (Lipinski definition) is 5. The smallest absolute Gasteiger partial charge is 0.253 e. The molecule has 0 bridgehead atoms. The lowest BCUT2D eigenvalue weighted by atomic mass is 9.86. The Morgan fingerprint density at radius 1 is 0.907 bits per heavy atom. The van der Waals surface area contributed by atoms with E-state index in [0.717, 1.165) is 0 Å². The van der Waals surface area contributed by atoms with Crippen molar-refractivity contribution in [2.45, 2.75) is 63.5 Å². The number of furan rings is 1. The van der Waals surface area contributed by atoms with E-state index in [2.05, 4.69) is 9.97 Å². The summed E-state index contributed by atoms with van der Waals surface area (Å²) in [5.74, 6) is -0.345. The molecule has 1 aliphatic carbocycles. The molecule has 1 saturated carbocycles. The Labute approximate surface area is 249 Å². The van der Waals surface area contributed by atoms with Crippen LogP contribution >= 0.6 is 0 Å². The summed E-state index contributed by atoms with van der Waals surface area (Å²) in [4.78, 5) is 34.8. The van der Waals surface area contributed by atoms with E-state index in [0.29, 0.717) is 59.5 Å². The highest BCUT2D eigenvalue weighted by atomic mass is 19.1. The van der Waals surface area contributed by atoms with Crippen molar-refractivity contribution in [3.8, 4) is 11.1 Å². The highest BCUT2D eigenvalue weighted by Crippen LogP contribution is 2.57. The van der Waals surface area contributed by atoms with Crippen molar-refractivity contribution in [3.63, 3.8) is 0 Å². The van der Waals surface area contributed by atoms with Crippen LogP contribution in [0.1, 0.15) is 65.3 Å². The molecule has 2 heterocycles. The summed E-state index contributed by atoms with van der Waals surface area (Å²) >= 11 is 0. The van der Waals surface area contributed by atoms with E-state index in [9.17, 15) is 22.8 Å². The zero-order valence-corrected chi connectivity index (χ0v) is 24.7. The van der Waals surface area contributed by atoms with Crippen LogP contribution in [-0.2, 0) is 35.9 Å². The van der Waals surface area contributed by atoms with Crippen molar-refractivity contribution < 1.29 is 27.2 Å². The molecule has 0 saturated heterocycles. The molecule has 1 aliphatic rings. The molecule has 9 heteroatoms. The number of aryl methyl sites for hydroxylation is 2. The zero-order valence-electron chi connectivity index (χ0n) is 24.7. The number of carbonyl (C=O) groups is 2. The number of alkyl halides is 1. The van der Waals surface area contributed by atoms with Crippen LogP contribution in [0.3, 0.4) is 0 Å². The Balaban J connectivity index is 1.17. The van der Waals surface area contributed by atoms with E-state index < -0.39 is 22.7 Å². The number of benzene rings is 2. The van der Waals surface area contributed by atoms with Crippen LogP contribution in [0, 0.1) is 11.6 Å². The maximum absolute atomic E-state index is 15.0. The van der Waals surface area contributed by atoms with Crippen molar-refractivity contribution in [2.24, 2.45) is 0 Å². The van der Waals surface area contributed by atoms with Crippen molar-refractivity contribution in [1.29, 1.82) is 0 Å². The molecule has 1 amide bonds. The monoisotopic (exact) mass is 589 g/mol. The molecule has 0 spiro atoms. The van der Waals surface area contributed by atoms with Gasteiger partial charge in [-0.05, 0) is 79.6 Å². The lowest BCUT2D eigenvalue weighted by molar-refractivity contribution is -0.117. The van der Waals surface area contributed by atoms with E-state index >= 15 is 0 Å². The predicted octanol–water partition coefficient (Wildman–Crippen LogP) is 6.64. The topological polar surface area (TPSA) is 76.3 Å². The molecule has 224 valence electrons. The van der Waals surface area contributed by atoms with Crippen LogP contribution in [0.15, 0.2) is 65.5 Å². The minimum absolute atomic E-state index is 0.0744. The number of ketones is 1. The molecule has 0 radical (unpaired) electrons. The van der Waals surface area contributed by atoms with Gasteiger partial charge in [0.1, 0.15) is 34.7 Å². The second kappa shape index (κ2) is 11.8. The van der Waals surface area contributed by atoms with E-state index in [1.165, 1.54) is 23.3 Å². The fraction of sp³-hybridized carbons (Fsp3) is 0.353. The van der Waals surface area contributed by atoms with Crippen LogP contribution in [0.5, 0.6) is 0 Å². The Morgan fingerprint density at radius 3 is 2.19 bits per heavy atom. The van der Waals surface area contributed by atoms with Crippen molar-refractivity contribution in [3.05, 3.63) is 107 Å². The summed E-state index contributed by atoms with van der Waals surface area (Å²) in [7, 11) is 3.22. The van der Waals surface area contributed by atoms with Gasteiger partial charge in [0.05, 0.1) is 11.7 Å². The fourth-order valence-corrected chi connectivity index (χ4v) is 5.37. The molecule has 5 rings (SSSR count). The molecule has 4 aromatic rings. The summed E-state index contributed by atoms with van der Waals surface area (Å²) in [6, 6.07) is 10.8. The standard InChI is InChI=1S/C34H34F3N3O3/c1-33(2,37)34(11-12-34)30-14-21(20-43-30)13-27(41)15-24-7-6-23(16-29(24)36)26-18-38-31(39-19-26)10-9-22-5-8-25(17-28(22)35)32(42)40(3)4/h5-8,14,16-20H,9-13,15H2,1-4H3. The van der Waals surface area contributed by atoms with Gasteiger partial charge in [0.2, 0.25) is 0 Å². The van der Waals surface area contributed by atoms with Crippen LogP contribution in [0.4, 0.5) is 13.2 Å². The molecular weight excluding hydrogens is 555 g/mol. The van der Waals surface area contributed by atoms with Crippen LogP contribution in [0.2, 0.25) is 0 Å². The first-order chi connectivity index (χ1) is 20.4. The van der Waals surface area contributed by atoms with Crippen LogP contribution in [-0.4, -0.2) is 46.3 Å². The fourth-order valence-electron chi connectivity index (χ4n) is 5.37. The molecule has 1 fully saturated rings. The van der Waals surface area contributed by atoms with Gasteiger partial charge in [-0.3, -0.25) is 9.59 Å². The third kappa shape index (κ3) is 6.55. The van der Waals surface area contributed by atoms with Crippen LogP contribution < -0.4 is 0 Å². The first-order valence-electron chi connectivity index (χ1n) is 14.2. The van der Waals surface area contributed by atoms with Crippen molar-refractivity contribution >= 4 is 11.7 Å². The summed E-state index contributed by atoms with van der Waals surface area (Å²) in [5, 5.41) is 0. The molecule has 2 aromatic heterocycles. The number of Topliss-reactive ketones (excluding diaryl/α,β-unsaturated/α-hetero) is 1. The van der Waals surface area contributed by atoms with Gasteiger partial charge in [0.25, 0.3) is 5.91 Å². The van der Waals surface area contributed by atoms with E-state index in [4.69, 9.17) is 4.42 Å². The van der Waals surface area contributed by atoms with Gasteiger partial charge < -0.3 is 9.32 Å². The van der Waals surface area contributed by atoms with Gasteiger partial charge in [-0.1, -0.05) is 18.2 Å². The summed E-state index contributed by atoms with van der Waals surface area (Å²) in [6.45, 7) is 3.09. The quantitative estimate of drug-likeness (QED) is 0.196. The third-order valence-electron chi connectivity index (χ3n) is 8.22. The van der Waals surface area contributed by atoms with Gasteiger partial charge in [-0.15, -0.1) is 0 Å². The second-order valence-electron chi connectivity index (χ2n) is 12.0. The molecule has 0 aliphatic heterocycles. The van der Waals surface area contributed by atoms with E-state index in [-0.39, 0.29) is 35.7 Å². The average Bonchev–Trinajstić information content (AvgIpc) is 3.67. The number of carbonyl (C=O) groups excluding carboxylic acids is 2. The largest absolute Gasteiger partial charge is 0.468 e. The Morgan fingerprint density at radius 2 is 1.58 bits per heavy atom. The molecule has 0 unspecified atom stereocenters. The van der Waals surface area contributed by atoms with Gasteiger partial charge in [-0.2, -0.15) is 0 Å². The van der Waals surface area contributed by atoms with Gasteiger partial charge >= 0.3 is 0 Å². The first kappa shape index (κ1) is 30.2. The Bertz CT molecular complexity index is 1650. The normalized spacial score (nSPS) is 14.0. The maximum atomic E-state index is 15.0. The Hall–Kier alpha value is -4.27. The highest BCUT2D eigenvalue weighted by molar-refractivity contribution is 5.93. The van der Waals surface area contributed by atoms with Crippen molar-refractivity contribution in [1.82, 2.24) is 14.9 Å². The minimum Gasteiger partial charge on any atom is -0.468 e. The average molecular weight is 590 g/mol. The number of aromatic nitrogens is 2. The van der Waals surface area contributed by atoms with Gasteiger partial charge in [-0.25, -0.2) is 23.1 Å². The maximum Gasteiger partial charge on any atom is 0.253 e. The number of hydrogen-bond donors (Lipinski definition) is 0. The predicted molar refractivity (Wildman–Crippen MR) is 156 cm³/mol. The minimum atomic E-state index is -1.41. The number of nitrogens with zero attached hydrogens (tertiary/aromatic N) is 3. The first-order valence-corrected chi connectivity index (χ1v) is 14.2. The van der Waals surface area contributed by atoms with E-state index in [1.807, 2.05) is 0 Å². The SMILES string of the molecule is CN(C)C(=O)c1ccc(CCc2ncc(-c3ccc(CC(=O)Cc4coc(C5(C(C)(C)F)CC5)c4)c(F)c3)cn2)c(F)c1. The Kier molecular flexibility index (Phi) is 8.27. The van der Waals surface area contributed by atoms with Crippen molar-refractivity contribution in [2.75, 3.05) is 14.1 Å². The van der Waals surface area contributed by atoms with Crippen LogP contribution in [0.25, 0.3) is 11.1 Å². The summed E-state index contributed by atoms with van der Waals surface area (Å²) in [6.07, 6.45) is 6.80. The van der Waals surface area contributed by atoms with E-state index in [1.54, 1.807) is 70.7 Å². The lowest BCUT2D eigenvalue weighted by Gasteiger charge is -2.24. The third-order valence-corrected chi connectivity index (χ3v) is 8.22. The number of rotatable bonds is 11. The molecule has 2 aromatic carbocycles. The molecule has 6 nitrogen and oxygen atoms in total. The van der Waals surface area contributed by atoms with Gasteiger partial charge in [0.15, 0.2) is 0 Å². The summed E-state index contributed by atoms with van der Waals surface area (Å²) in [5.41, 5.74) is 0.805. The molecule has 43 heavy (non-hydrogen) atoms. The van der Waals surface area contributed by atoms with Gasteiger partial charge in [0, 0.05) is 56.9 Å².